The Bertz CT molecular complexity index is 306. The molecule has 1 aliphatic heterocycles. The van der Waals surface area contributed by atoms with Crippen LogP contribution in [0.4, 0.5) is 4.79 Å². The molecule has 1 heterocycles. The van der Waals surface area contributed by atoms with Crippen molar-refractivity contribution in [3.63, 3.8) is 0 Å². The highest BCUT2D eigenvalue weighted by Gasteiger charge is 2.32. The second-order valence-corrected chi connectivity index (χ2v) is 5.53. The Morgan fingerprint density at radius 3 is 2.69 bits per heavy atom. The van der Waals surface area contributed by atoms with E-state index in [0.29, 0.717) is 19.5 Å². The van der Waals surface area contributed by atoms with Gasteiger partial charge in [0.15, 0.2) is 0 Å². The first-order valence-electron chi connectivity index (χ1n) is 5.35. The van der Waals surface area contributed by atoms with Crippen LogP contribution in [0.3, 0.4) is 0 Å². The monoisotopic (exact) mass is 244 g/mol. The minimum absolute atomic E-state index is 0.163. The Morgan fingerprint density at radius 1 is 1.56 bits per heavy atom. The maximum Gasteiger partial charge on any atom is 0.410 e. The number of nitrogens with zero attached hydrogens (tertiary/aromatic N) is 2. The minimum atomic E-state index is -0.503. The van der Waals surface area contributed by atoms with Crippen molar-refractivity contribution in [3.05, 3.63) is 0 Å². The standard InChI is InChI=1S/C11H17ClN2O2/c1-11(2,3)16-10(15)14-5-4-9(12)8(6-13)7-14/h8-9H,4-5,7H2,1-3H3. The zero-order chi connectivity index (χ0) is 12.3. The van der Waals surface area contributed by atoms with Gasteiger partial charge in [-0.05, 0) is 27.2 Å². The highest BCUT2D eigenvalue weighted by Crippen LogP contribution is 2.23. The third-order valence-electron chi connectivity index (χ3n) is 2.35. The van der Waals surface area contributed by atoms with Gasteiger partial charge in [0.25, 0.3) is 0 Å². The van der Waals surface area contributed by atoms with Gasteiger partial charge >= 0.3 is 6.09 Å². The molecule has 1 fully saturated rings. The second kappa shape index (κ2) is 4.92. The quantitative estimate of drug-likeness (QED) is 0.615. The fourth-order valence-corrected chi connectivity index (χ4v) is 1.77. The van der Waals surface area contributed by atoms with Gasteiger partial charge in [-0.15, -0.1) is 11.6 Å². The number of alkyl halides is 1. The number of hydrogen-bond acceptors (Lipinski definition) is 3. The van der Waals surface area contributed by atoms with Crippen LogP contribution in [0.1, 0.15) is 27.2 Å². The van der Waals surface area contributed by atoms with Crippen molar-refractivity contribution in [2.24, 2.45) is 5.92 Å². The molecule has 0 N–H and O–H groups in total. The fraction of sp³-hybridized carbons (Fsp3) is 0.818. The number of rotatable bonds is 0. The van der Waals surface area contributed by atoms with Gasteiger partial charge in [0.1, 0.15) is 5.60 Å². The summed E-state index contributed by atoms with van der Waals surface area (Å²) in [5, 5.41) is 8.72. The average molecular weight is 245 g/mol. The number of amides is 1. The molecule has 0 aromatic carbocycles. The first-order chi connectivity index (χ1) is 7.33. The van der Waals surface area contributed by atoms with Gasteiger partial charge < -0.3 is 9.64 Å². The van der Waals surface area contributed by atoms with Crippen LogP contribution in [0.15, 0.2) is 0 Å². The van der Waals surface area contributed by atoms with Gasteiger partial charge in [-0.1, -0.05) is 0 Å². The zero-order valence-electron chi connectivity index (χ0n) is 9.86. The molecule has 1 rings (SSSR count). The smallest absolute Gasteiger partial charge is 0.410 e. The van der Waals surface area contributed by atoms with Gasteiger partial charge in [0.2, 0.25) is 0 Å². The van der Waals surface area contributed by atoms with Crippen LogP contribution < -0.4 is 0 Å². The molecule has 2 unspecified atom stereocenters. The number of carbonyl (C=O) groups excluding carboxylic acids is 1. The van der Waals surface area contributed by atoms with E-state index in [1.807, 2.05) is 20.8 Å². The van der Waals surface area contributed by atoms with Gasteiger partial charge in [0, 0.05) is 13.1 Å². The van der Waals surface area contributed by atoms with E-state index in [1.54, 1.807) is 4.90 Å². The molecule has 0 aliphatic carbocycles. The number of nitriles is 1. The molecule has 0 aromatic heterocycles. The molecular formula is C11H17ClN2O2. The molecule has 1 amide bonds. The third kappa shape index (κ3) is 3.57. The highest BCUT2D eigenvalue weighted by molar-refractivity contribution is 6.21. The molecule has 0 spiro atoms. The van der Waals surface area contributed by atoms with Crippen molar-refractivity contribution in [2.45, 2.75) is 38.2 Å². The first-order valence-corrected chi connectivity index (χ1v) is 5.79. The van der Waals surface area contributed by atoms with Crippen molar-refractivity contribution in [3.8, 4) is 6.07 Å². The molecule has 0 bridgehead atoms. The molecule has 4 nitrogen and oxygen atoms in total. The molecule has 0 saturated carbocycles. The van der Waals surface area contributed by atoms with Gasteiger partial charge in [-0.25, -0.2) is 4.79 Å². The van der Waals surface area contributed by atoms with Gasteiger partial charge in [-0.2, -0.15) is 5.26 Å². The van der Waals surface area contributed by atoms with Crippen molar-refractivity contribution >= 4 is 17.7 Å². The summed E-state index contributed by atoms with van der Waals surface area (Å²) < 4.78 is 5.24. The van der Waals surface area contributed by atoms with Crippen molar-refractivity contribution < 1.29 is 9.53 Å². The predicted octanol–water partition coefficient (Wildman–Crippen LogP) is 2.37. The van der Waals surface area contributed by atoms with Crippen LogP contribution in [0.2, 0.25) is 0 Å². The summed E-state index contributed by atoms with van der Waals surface area (Å²) in [5.74, 6) is -0.303. The molecule has 16 heavy (non-hydrogen) atoms. The number of hydrogen-bond donors (Lipinski definition) is 0. The number of halogens is 1. The molecule has 5 heteroatoms. The summed E-state index contributed by atoms with van der Waals surface area (Å²) >= 11 is 5.98. The lowest BCUT2D eigenvalue weighted by molar-refractivity contribution is 0.0193. The van der Waals surface area contributed by atoms with Crippen LogP contribution in [-0.4, -0.2) is 35.1 Å². The molecule has 1 saturated heterocycles. The molecule has 2 atom stereocenters. The van der Waals surface area contributed by atoms with E-state index in [9.17, 15) is 4.79 Å². The number of ether oxygens (including phenoxy) is 1. The van der Waals surface area contributed by atoms with Crippen LogP contribution in [0.5, 0.6) is 0 Å². The normalized spacial score (nSPS) is 26.1. The maximum absolute atomic E-state index is 11.7. The lowest BCUT2D eigenvalue weighted by Crippen LogP contribution is -2.46. The van der Waals surface area contributed by atoms with E-state index in [1.165, 1.54) is 0 Å². The fourth-order valence-electron chi connectivity index (χ4n) is 1.54. The topological polar surface area (TPSA) is 53.3 Å². The molecule has 0 radical (unpaired) electrons. The lowest BCUT2D eigenvalue weighted by Gasteiger charge is -2.33. The van der Waals surface area contributed by atoms with Gasteiger partial charge in [-0.3, -0.25) is 0 Å². The molecule has 0 aromatic rings. The Balaban J connectivity index is 2.56. The molecular weight excluding hydrogens is 228 g/mol. The van der Waals surface area contributed by atoms with E-state index in [4.69, 9.17) is 21.6 Å². The first kappa shape index (κ1) is 13.1. The maximum atomic E-state index is 11.7. The van der Waals surface area contributed by atoms with Crippen LogP contribution in [0, 0.1) is 17.2 Å². The highest BCUT2D eigenvalue weighted by atomic mass is 35.5. The summed E-state index contributed by atoms with van der Waals surface area (Å²) in [7, 11) is 0. The summed E-state index contributed by atoms with van der Waals surface area (Å²) in [6.45, 7) is 6.38. The number of piperidine rings is 1. The minimum Gasteiger partial charge on any atom is -0.444 e. The molecule has 90 valence electrons. The summed E-state index contributed by atoms with van der Waals surface area (Å²) in [6, 6.07) is 2.12. The Labute approximate surface area is 101 Å². The van der Waals surface area contributed by atoms with Crippen LogP contribution in [0.25, 0.3) is 0 Å². The summed E-state index contributed by atoms with van der Waals surface area (Å²) in [6.07, 6.45) is 0.273. The zero-order valence-corrected chi connectivity index (χ0v) is 10.6. The van der Waals surface area contributed by atoms with E-state index < -0.39 is 5.60 Å². The SMILES string of the molecule is CC(C)(C)OC(=O)N1CCC(Cl)C(C#N)C1. The average Bonchev–Trinajstić information content (AvgIpc) is 2.15. The number of carbonyl (C=O) groups is 1. The largest absolute Gasteiger partial charge is 0.444 e. The van der Waals surface area contributed by atoms with Gasteiger partial charge in [0.05, 0.1) is 17.4 Å². The van der Waals surface area contributed by atoms with E-state index in [-0.39, 0.29) is 17.4 Å². The van der Waals surface area contributed by atoms with Crippen LogP contribution >= 0.6 is 11.6 Å². The second-order valence-electron chi connectivity index (χ2n) is 4.97. The van der Waals surface area contributed by atoms with Crippen molar-refractivity contribution in [1.82, 2.24) is 4.90 Å². The Hall–Kier alpha value is -0.950. The summed E-state index contributed by atoms with van der Waals surface area (Å²) in [5.41, 5.74) is -0.503. The van der Waals surface area contributed by atoms with E-state index in [0.717, 1.165) is 0 Å². The van der Waals surface area contributed by atoms with Crippen molar-refractivity contribution in [2.75, 3.05) is 13.1 Å². The molecule has 1 aliphatic rings. The van der Waals surface area contributed by atoms with Crippen LogP contribution in [-0.2, 0) is 4.74 Å². The Morgan fingerprint density at radius 2 is 2.19 bits per heavy atom. The van der Waals surface area contributed by atoms with E-state index in [2.05, 4.69) is 6.07 Å². The lowest BCUT2D eigenvalue weighted by atomic mass is 9.99. The third-order valence-corrected chi connectivity index (χ3v) is 2.87. The Kier molecular flexibility index (Phi) is 4.03. The summed E-state index contributed by atoms with van der Waals surface area (Å²) in [4.78, 5) is 13.3. The number of likely N-dealkylation sites (tertiary alicyclic amines) is 1. The van der Waals surface area contributed by atoms with E-state index >= 15 is 0 Å². The predicted molar refractivity (Wildman–Crippen MR) is 61.2 cm³/mol. The van der Waals surface area contributed by atoms with Crippen molar-refractivity contribution in [1.29, 1.82) is 5.26 Å².